The highest BCUT2D eigenvalue weighted by molar-refractivity contribution is 5.73. The third-order valence-corrected chi connectivity index (χ3v) is 2.18. The summed E-state index contributed by atoms with van der Waals surface area (Å²) < 4.78 is 13.0. The maximum Gasteiger partial charge on any atom is 0.225 e. The van der Waals surface area contributed by atoms with E-state index in [4.69, 9.17) is 0 Å². The van der Waals surface area contributed by atoms with Crippen molar-refractivity contribution < 1.29 is 9.18 Å². The number of halogens is 1. The number of aromatic nitrogens is 2. The van der Waals surface area contributed by atoms with Crippen LogP contribution < -0.4 is 4.90 Å². The summed E-state index contributed by atoms with van der Waals surface area (Å²) in [5, 5.41) is 0. The van der Waals surface area contributed by atoms with E-state index in [1.54, 1.807) is 11.0 Å². The first-order chi connectivity index (χ1) is 7.29. The van der Waals surface area contributed by atoms with Crippen molar-refractivity contribution in [3.05, 3.63) is 29.9 Å². The fourth-order valence-electron chi connectivity index (χ4n) is 1.43. The summed E-state index contributed by atoms with van der Waals surface area (Å²) in [6.07, 6.45) is 5.78. The van der Waals surface area contributed by atoms with Gasteiger partial charge in [-0.25, -0.2) is 14.4 Å². The van der Waals surface area contributed by atoms with Crippen molar-refractivity contribution in [3.63, 3.8) is 0 Å². The molecule has 1 aromatic rings. The highest BCUT2D eigenvalue weighted by Crippen LogP contribution is 2.15. The quantitative estimate of drug-likeness (QED) is 0.687. The van der Waals surface area contributed by atoms with E-state index < -0.39 is 0 Å². The fourth-order valence-corrected chi connectivity index (χ4v) is 1.43. The average Bonchev–Trinajstić information content (AvgIpc) is 2.29. The van der Waals surface area contributed by atoms with Crippen LogP contribution in [0.5, 0.6) is 0 Å². The van der Waals surface area contributed by atoms with Crippen LogP contribution in [0.3, 0.4) is 0 Å². The molecular formula is C10H10FN3O. The van der Waals surface area contributed by atoms with Gasteiger partial charge in [0.05, 0.1) is 12.1 Å². The lowest BCUT2D eigenvalue weighted by molar-refractivity contribution is 0.112. The Labute approximate surface area is 86.5 Å². The Morgan fingerprint density at radius 1 is 1.40 bits per heavy atom. The van der Waals surface area contributed by atoms with Gasteiger partial charge in [-0.2, -0.15) is 0 Å². The molecule has 4 nitrogen and oxygen atoms in total. The van der Waals surface area contributed by atoms with E-state index in [1.807, 2.05) is 0 Å². The van der Waals surface area contributed by atoms with E-state index in [0.29, 0.717) is 30.8 Å². The van der Waals surface area contributed by atoms with Gasteiger partial charge in [0.1, 0.15) is 5.83 Å². The summed E-state index contributed by atoms with van der Waals surface area (Å²) in [7, 11) is 0. The third-order valence-electron chi connectivity index (χ3n) is 2.18. The first-order valence-corrected chi connectivity index (χ1v) is 4.66. The van der Waals surface area contributed by atoms with Crippen molar-refractivity contribution >= 4 is 12.2 Å². The average molecular weight is 207 g/mol. The summed E-state index contributed by atoms with van der Waals surface area (Å²) in [5.74, 6) is 0.299. The number of aldehydes is 1. The van der Waals surface area contributed by atoms with Crippen LogP contribution >= 0.6 is 0 Å². The minimum absolute atomic E-state index is 0.163. The summed E-state index contributed by atoms with van der Waals surface area (Å²) in [6, 6.07) is 0. The van der Waals surface area contributed by atoms with Gasteiger partial charge >= 0.3 is 0 Å². The molecule has 0 saturated carbocycles. The van der Waals surface area contributed by atoms with Crippen molar-refractivity contribution in [2.75, 3.05) is 18.0 Å². The minimum atomic E-state index is -0.163. The van der Waals surface area contributed by atoms with Crippen LogP contribution in [-0.2, 0) is 0 Å². The highest BCUT2D eigenvalue weighted by atomic mass is 19.1. The van der Waals surface area contributed by atoms with Gasteiger partial charge in [-0.15, -0.1) is 0 Å². The first kappa shape index (κ1) is 9.76. The molecular weight excluding hydrogens is 197 g/mol. The fraction of sp³-hybridized carbons (Fsp3) is 0.300. The Kier molecular flexibility index (Phi) is 2.71. The lowest BCUT2D eigenvalue weighted by Gasteiger charge is -2.24. The van der Waals surface area contributed by atoms with Gasteiger partial charge in [0.25, 0.3) is 0 Å². The molecule has 0 aromatic carbocycles. The molecule has 78 valence electrons. The van der Waals surface area contributed by atoms with Crippen LogP contribution in [0, 0.1) is 0 Å². The van der Waals surface area contributed by atoms with Gasteiger partial charge in [-0.3, -0.25) is 4.79 Å². The molecule has 0 unspecified atom stereocenters. The predicted molar refractivity (Wildman–Crippen MR) is 53.4 cm³/mol. The molecule has 1 aliphatic rings. The standard InChI is InChI=1S/C10H10FN3O/c11-9-2-1-3-14(6-9)10-12-4-8(7-15)5-13-10/h2,4-5,7H,1,3,6H2. The van der Waals surface area contributed by atoms with Crippen LogP contribution in [0.4, 0.5) is 10.3 Å². The Morgan fingerprint density at radius 2 is 2.13 bits per heavy atom. The smallest absolute Gasteiger partial charge is 0.225 e. The monoisotopic (exact) mass is 207 g/mol. The second kappa shape index (κ2) is 4.16. The normalized spacial score (nSPS) is 16.1. The Bertz CT molecular complexity index is 388. The SMILES string of the molecule is O=Cc1cnc(N2CCC=C(F)C2)nc1. The number of anilines is 1. The number of hydrogen-bond acceptors (Lipinski definition) is 4. The molecule has 15 heavy (non-hydrogen) atoms. The van der Waals surface area contributed by atoms with E-state index in [9.17, 15) is 9.18 Å². The van der Waals surface area contributed by atoms with E-state index in [1.165, 1.54) is 12.4 Å². The van der Waals surface area contributed by atoms with Gasteiger partial charge < -0.3 is 4.90 Å². The lowest BCUT2D eigenvalue weighted by atomic mass is 10.2. The molecule has 0 bridgehead atoms. The van der Waals surface area contributed by atoms with Crippen LogP contribution in [0.15, 0.2) is 24.3 Å². The zero-order valence-electron chi connectivity index (χ0n) is 8.06. The molecule has 2 rings (SSSR count). The van der Waals surface area contributed by atoms with Gasteiger partial charge in [0.2, 0.25) is 5.95 Å². The van der Waals surface area contributed by atoms with Gasteiger partial charge in [-0.1, -0.05) is 0 Å². The minimum Gasteiger partial charge on any atom is -0.334 e. The third kappa shape index (κ3) is 2.18. The molecule has 1 aliphatic heterocycles. The van der Waals surface area contributed by atoms with Crippen molar-refractivity contribution in [1.29, 1.82) is 0 Å². The topological polar surface area (TPSA) is 46.1 Å². The summed E-state index contributed by atoms with van der Waals surface area (Å²) in [4.78, 5) is 20.1. The number of carbonyl (C=O) groups excluding carboxylic acids is 1. The molecule has 0 aliphatic carbocycles. The van der Waals surface area contributed by atoms with Crippen LogP contribution in [-0.4, -0.2) is 29.3 Å². The molecule has 2 heterocycles. The van der Waals surface area contributed by atoms with Crippen molar-refractivity contribution in [2.24, 2.45) is 0 Å². The maximum absolute atomic E-state index is 13.0. The number of hydrogen-bond donors (Lipinski definition) is 0. The zero-order valence-corrected chi connectivity index (χ0v) is 8.06. The molecule has 0 atom stereocenters. The Hall–Kier alpha value is -1.78. The molecule has 0 saturated heterocycles. The van der Waals surface area contributed by atoms with E-state index in [-0.39, 0.29) is 12.4 Å². The van der Waals surface area contributed by atoms with Crippen molar-refractivity contribution in [2.45, 2.75) is 6.42 Å². The highest BCUT2D eigenvalue weighted by Gasteiger charge is 2.14. The molecule has 0 fully saturated rings. The number of nitrogens with zero attached hydrogens (tertiary/aromatic N) is 3. The Balaban J connectivity index is 2.15. The molecule has 0 N–H and O–H groups in total. The van der Waals surface area contributed by atoms with Gasteiger partial charge in [0.15, 0.2) is 6.29 Å². The van der Waals surface area contributed by atoms with Crippen LogP contribution in [0.25, 0.3) is 0 Å². The lowest BCUT2D eigenvalue weighted by Crippen LogP contribution is -2.30. The van der Waals surface area contributed by atoms with E-state index >= 15 is 0 Å². The summed E-state index contributed by atoms with van der Waals surface area (Å²) in [5.41, 5.74) is 0.423. The maximum atomic E-state index is 13.0. The molecule has 0 radical (unpaired) electrons. The number of rotatable bonds is 2. The van der Waals surface area contributed by atoms with E-state index in [0.717, 1.165) is 0 Å². The van der Waals surface area contributed by atoms with Crippen LogP contribution in [0.2, 0.25) is 0 Å². The first-order valence-electron chi connectivity index (χ1n) is 4.66. The molecule has 0 spiro atoms. The van der Waals surface area contributed by atoms with E-state index in [2.05, 4.69) is 9.97 Å². The second-order valence-corrected chi connectivity index (χ2v) is 3.30. The van der Waals surface area contributed by atoms with Crippen molar-refractivity contribution in [1.82, 2.24) is 9.97 Å². The summed E-state index contributed by atoms with van der Waals surface area (Å²) in [6.45, 7) is 0.911. The van der Waals surface area contributed by atoms with Gasteiger partial charge in [-0.05, 0) is 12.5 Å². The number of carbonyl (C=O) groups is 1. The predicted octanol–water partition coefficient (Wildman–Crippen LogP) is 1.35. The molecule has 5 heteroatoms. The molecule has 1 aromatic heterocycles. The molecule has 0 amide bonds. The summed E-state index contributed by atoms with van der Waals surface area (Å²) >= 11 is 0. The van der Waals surface area contributed by atoms with Gasteiger partial charge in [0, 0.05) is 18.9 Å². The van der Waals surface area contributed by atoms with Crippen molar-refractivity contribution in [3.8, 4) is 0 Å². The Morgan fingerprint density at radius 3 is 2.73 bits per heavy atom. The zero-order chi connectivity index (χ0) is 10.7. The second-order valence-electron chi connectivity index (χ2n) is 3.30. The largest absolute Gasteiger partial charge is 0.334 e. The van der Waals surface area contributed by atoms with Crippen LogP contribution in [0.1, 0.15) is 16.8 Å².